The number of halogens is 2. The summed E-state index contributed by atoms with van der Waals surface area (Å²) in [7, 11) is 0. The van der Waals surface area contributed by atoms with Crippen molar-refractivity contribution < 1.29 is 14.7 Å². The van der Waals surface area contributed by atoms with Gasteiger partial charge in [0.2, 0.25) is 0 Å². The Kier molecular flexibility index (Phi) is 5.65. The number of carboxylic acid groups (broad SMARTS) is 1. The molecule has 1 amide bonds. The first-order valence-electron chi connectivity index (χ1n) is 6.04. The Morgan fingerprint density at radius 1 is 1.35 bits per heavy atom. The SMILES string of the molecule is CCN(CC(C)C(=O)O)C(=O)c1cc(Cl)c(N)c(Cl)c1. The highest BCUT2D eigenvalue weighted by molar-refractivity contribution is 6.39. The number of carbonyl (C=O) groups is 2. The van der Waals surface area contributed by atoms with Gasteiger partial charge in [-0.25, -0.2) is 0 Å². The molecule has 5 nitrogen and oxygen atoms in total. The second kappa shape index (κ2) is 6.81. The summed E-state index contributed by atoms with van der Waals surface area (Å²) < 4.78 is 0. The average molecular weight is 319 g/mol. The van der Waals surface area contributed by atoms with Crippen LogP contribution in [-0.4, -0.2) is 35.0 Å². The van der Waals surface area contributed by atoms with Crippen LogP contribution < -0.4 is 5.73 Å². The molecule has 1 aromatic carbocycles. The van der Waals surface area contributed by atoms with Crippen molar-refractivity contribution in [3.05, 3.63) is 27.7 Å². The summed E-state index contributed by atoms with van der Waals surface area (Å²) in [4.78, 5) is 24.6. The number of nitrogens with zero attached hydrogens (tertiary/aromatic N) is 1. The molecule has 7 heteroatoms. The first kappa shape index (κ1) is 16.6. The monoisotopic (exact) mass is 318 g/mol. The van der Waals surface area contributed by atoms with Gasteiger partial charge in [0.05, 0.1) is 21.7 Å². The molecular weight excluding hydrogens is 303 g/mol. The van der Waals surface area contributed by atoms with E-state index in [0.29, 0.717) is 6.54 Å². The van der Waals surface area contributed by atoms with E-state index >= 15 is 0 Å². The fourth-order valence-corrected chi connectivity index (χ4v) is 2.14. The summed E-state index contributed by atoms with van der Waals surface area (Å²) in [5.74, 6) is -1.94. The molecule has 0 aliphatic heterocycles. The lowest BCUT2D eigenvalue weighted by molar-refractivity contribution is -0.141. The standard InChI is InChI=1S/C13H16Cl2N2O3/c1-3-17(6-7(2)13(19)20)12(18)8-4-9(14)11(16)10(15)5-8/h4-5,7H,3,6,16H2,1-2H3,(H,19,20). The van der Waals surface area contributed by atoms with Crippen LogP contribution in [0.5, 0.6) is 0 Å². The second-order valence-corrected chi connectivity index (χ2v) is 5.25. The quantitative estimate of drug-likeness (QED) is 0.818. The molecule has 0 heterocycles. The van der Waals surface area contributed by atoms with E-state index in [0.717, 1.165) is 0 Å². The Hall–Kier alpha value is -1.46. The minimum atomic E-state index is -0.954. The maximum atomic E-state index is 12.3. The van der Waals surface area contributed by atoms with E-state index in [2.05, 4.69) is 0 Å². The zero-order chi connectivity index (χ0) is 15.4. The Labute approximate surface area is 127 Å². The molecule has 0 aliphatic rings. The van der Waals surface area contributed by atoms with Crippen molar-refractivity contribution in [2.24, 2.45) is 5.92 Å². The van der Waals surface area contributed by atoms with Gasteiger partial charge in [-0.15, -0.1) is 0 Å². The van der Waals surface area contributed by atoms with Gasteiger partial charge in [-0.3, -0.25) is 9.59 Å². The van der Waals surface area contributed by atoms with Gasteiger partial charge in [-0.05, 0) is 19.1 Å². The fourth-order valence-electron chi connectivity index (χ4n) is 1.65. The van der Waals surface area contributed by atoms with Gasteiger partial charge in [-0.2, -0.15) is 0 Å². The van der Waals surface area contributed by atoms with Gasteiger partial charge in [0.1, 0.15) is 0 Å². The van der Waals surface area contributed by atoms with E-state index in [4.69, 9.17) is 34.0 Å². The largest absolute Gasteiger partial charge is 0.481 e. The number of aliphatic carboxylic acids is 1. The highest BCUT2D eigenvalue weighted by atomic mass is 35.5. The first-order chi connectivity index (χ1) is 9.27. The average Bonchev–Trinajstić information content (AvgIpc) is 2.40. The van der Waals surface area contributed by atoms with Crippen molar-refractivity contribution in [3.63, 3.8) is 0 Å². The number of amides is 1. The predicted octanol–water partition coefficient (Wildman–Crippen LogP) is 2.76. The molecule has 0 aromatic heterocycles. The molecule has 1 atom stereocenters. The molecule has 3 N–H and O–H groups in total. The molecule has 0 spiro atoms. The summed E-state index contributed by atoms with van der Waals surface area (Å²) in [5, 5.41) is 9.30. The third kappa shape index (κ3) is 3.77. The van der Waals surface area contributed by atoms with E-state index in [9.17, 15) is 9.59 Å². The number of nitrogen functional groups attached to an aromatic ring is 1. The number of carboxylic acids is 1. The van der Waals surface area contributed by atoms with Crippen LogP contribution in [0.4, 0.5) is 5.69 Å². The van der Waals surface area contributed by atoms with Crippen LogP contribution in [0.3, 0.4) is 0 Å². The number of rotatable bonds is 5. The Bertz CT molecular complexity index is 511. The highest BCUT2D eigenvalue weighted by Crippen LogP contribution is 2.29. The van der Waals surface area contributed by atoms with Crippen molar-refractivity contribution in [1.29, 1.82) is 0 Å². The fraction of sp³-hybridized carbons (Fsp3) is 0.385. The molecule has 110 valence electrons. The number of carbonyl (C=O) groups excluding carboxylic acids is 1. The highest BCUT2D eigenvalue weighted by Gasteiger charge is 2.21. The Balaban J connectivity index is 3.00. The topological polar surface area (TPSA) is 83.6 Å². The van der Waals surface area contributed by atoms with Crippen LogP contribution in [0.2, 0.25) is 10.0 Å². The van der Waals surface area contributed by atoms with Crippen LogP contribution in [0.15, 0.2) is 12.1 Å². The minimum absolute atomic E-state index is 0.115. The van der Waals surface area contributed by atoms with Crippen LogP contribution in [0, 0.1) is 5.92 Å². The molecule has 1 rings (SSSR count). The van der Waals surface area contributed by atoms with Gasteiger partial charge in [0.15, 0.2) is 0 Å². The zero-order valence-electron chi connectivity index (χ0n) is 11.2. The van der Waals surface area contributed by atoms with E-state index in [1.165, 1.54) is 17.0 Å². The smallest absolute Gasteiger partial charge is 0.308 e. The second-order valence-electron chi connectivity index (χ2n) is 4.44. The Morgan fingerprint density at radius 2 is 1.85 bits per heavy atom. The van der Waals surface area contributed by atoms with E-state index in [-0.39, 0.29) is 33.7 Å². The number of anilines is 1. The molecule has 0 radical (unpaired) electrons. The normalized spacial score (nSPS) is 12.0. The van der Waals surface area contributed by atoms with E-state index < -0.39 is 11.9 Å². The molecule has 1 aromatic rings. The number of hydrogen-bond acceptors (Lipinski definition) is 3. The first-order valence-corrected chi connectivity index (χ1v) is 6.80. The summed E-state index contributed by atoms with van der Waals surface area (Å²) in [6.07, 6.45) is 0. The minimum Gasteiger partial charge on any atom is -0.481 e. The molecule has 20 heavy (non-hydrogen) atoms. The molecular formula is C13H16Cl2N2O3. The molecule has 0 fully saturated rings. The van der Waals surface area contributed by atoms with Gasteiger partial charge in [0, 0.05) is 18.7 Å². The maximum absolute atomic E-state index is 12.3. The van der Waals surface area contributed by atoms with Crippen molar-refractivity contribution in [1.82, 2.24) is 4.90 Å². The number of nitrogens with two attached hydrogens (primary N) is 1. The molecule has 1 unspecified atom stereocenters. The lowest BCUT2D eigenvalue weighted by atomic mass is 10.1. The lowest BCUT2D eigenvalue weighted by Crippen LogP contribution is -2.36. The molecule has 0 saturated carbocycles. The molecule has 0 aliphatic carbocycles. The molecule has 0 saturated heterocycles. The maximum Gasteiger partial charge on any atom is 0.308 e. The molecule has 0 bridgehead atoms. The van der Waals surface area contributed by atoms with Crippen LogP contribution in [0.25, 0.3) is 0 Å². The number of hydrogen-bond donors (Lipinski definition) is 2. The third-order valence-corrected chi connectivity index (χ3v) is 3.54. The van der Waals surface area contributed by atoms with Gasteiger partial charge in [0.25, 0.3) is 5.91 Å². The predicted molar refractivity (Wildman–Crippen MR) is 79.3 cm³/mol. The Morgan fingerprint density at radius 3 is 2.25 bits per heavy atom. The van der Waals surface area contributed by atoms with Crippen molar-refractivity contribution in [2.45, 2.75) is 13.8 Å². The summed E-state index contributed by atoms with van der Waals surface area (Å²) in [6, 6.07) is 2.86. The lowest BCUT2D eigenvalue weighted by Gasteiger charge is -2.23. The van der Waals surface area contributed by atoms with Crippen molar-refractivity contribution >= 4 is 40.8 Å². The van der Waals surface area contributed by atoms with Gasteiger partial charge in [-0.1, -0.05) is 30.1 Å². The van der Waals surface area contributed by atoms with Gasteiger partial charge < -0.3 is 15.7 Å². The summed E-state index contributed by atoms with van der Waals surface area (Å²) in [5.41, 5.74) is 6.11. The van der Waals surface area contributed by atoms with E-state index in [1.807, 2.05) is 0 Å². The van der Waals surface area contributed by atoms with Crippen molar-refractivity contribution in [2.75, 3.05) is 18.8 Å². The van der Waals surface area contributed by atoms with Crippen LogP contribution >= 0.6 is 23.2 Å². The van der Waals surface area contributed by atoms with E-state index in [1.54, 1.807) is 13.8 Å². The van der Waals surface area contributed by atoms with Crippen LogP contribution in [-0.2, 0) is 4.79 Å². The summed E-state index contributed by atoms with van der Waals surface area (Å²) in [6.45, 7) is 3.81. The van der Waals surface area contributed by atoms with Crippen LogP contribution in [0.1, 0.15) is 24.2 Å². The third-order valence-electron chi connectivity index (χ3n) is 2.91. The van der Waals surface area contributed by atoms with Crippen molar-refractivity contribution in [3.8, 4) is 0 Å². The van der Waals surface area contributed by atoms with Gasteiger partial charge >= 0.3 is 5.97 Å². The zero-order valence-corrected chi connectivity index (χ0v) is 12.7. The summed E-state index contributed by atoms with van der Waals surface area (Å²) >= 11 is 11.8. The number of benzene rings is 1.